The molecule has 1 saturated heterocycles. The third-order valence-corrected chi connectivity index (χ3v) is 3.28. The number of piperidine rings is 1. The van der Waals surface area contributed by atoms with E-state index in [1.807, 2.05) is 24.3 Å². The second kappa shape index (κ2) is 4.54. The second-order valence-corrected chi connectivity index (χ2v) is 4.41. The maximum atomic E-state index is 9.85. The maximum Gasteiger partial charge on any atom is 0.101 e. The Morgan fingerprint density at radius 3 is 2.88 bits per heavy atom. The Bertz CT molecular complexity index is 411. The Balaban J connectivity index is 2.22. The molecule has 0 radical (unpaired) electrons. The van der Waals surface area contributed by atoms with Gasteiger partial charge in [0.05, 0.1) is 17.4 Å². The first-order chi connectivity index (χ1) is 7.72. The molecule has 1 aromatic carbocycles. The lowest BCUT2D eigenvalue weighted by Gasteiger charge is -2.36. The van der Waals surface area contributed by atoms with Gasteiger partial charge in [0.15, 0.2) is 0 Å². The van der Waals surface area contributed by atoms with E-state index in [0.29, 0.717) is 18.0 Å². The van der Waals surface area contributed by atoms with Crippen LogP contribution in [-0.2, 0) is 0 Å². The van der Waals surface area contributed by atoms with Gasteiger partial charge in [0, 0.05) is 13.1 Å². The zero-order valence-electron chi connectivity index (χ0n) is 9.43. The van der Waals surface area contributed by atoms with Gasteiger partial charge < -0.3 is 10.0 Å². The van der Waals surface area contributed by atoms with Crippen molar-refractivity contribution in [3.63, 3.8) is 0 Å². The summed E-state index contributed by atoms with van der Waals surface area (Å²) in [5, 5.41) is 18.9. The minimum absolute atomic E-state index is 0.291. The Labute approximate surface area is 95.9 Å². The topological polar surface area (TPSA) is 47.3 Å². The van der Waals surface area contributed by atoms with Crippen LogP contribution in [0.25, 0.3) is 0 Å². The van der Waals surface area contributed by atoms with Crippen LogP contribution in [-0.4, -0.2) is 24.3 Å². The molecule has 3 nitrogen and oxygen atoms in total. The van der Waals surface area contributed by atoms with E-state index in [1.54, 1.807) is 0 Å². The average molecular weight is 216 g/mol. The Kier molecular flexibility index (Phi) is 3.12. The summed E-state index contributed by atoms with van der Waals surface area (Å²) in [4.78, 5) is 2.10. The molecule has 1 fully saturated rings. The lowest BCUT2D eigenvalue weighted by Crippen LogP contribution is -2.43. The van der Waals surface area contributed by atoms with Crippen LogP contribution in [0.4, 0.5) is 5.69 Å². The molecule has 0 aliphatic carbocycles. The highest BCUT2D eigenvalue weighted by Crippen LogP contribution is 2.25. The van der Waals surface area contributed by atoms with Crippen molar-refractivity contribution in [3.05, 3.63) is 29.8 Å². The molecule has 2 unspecified atom stereocenters. The SMILES string of the molecule is CC1CCN(c2ccccc2C#N)CC1O. The van der Waals surface area contributed by atoms with Crippen molar-refractivity contribution in [1.29, 1.82) is 5.26 Å². The van der Waals surface area contributed by atoms with Crippen LogP contribution in [0, 0.1) is 17.2 Å². The number of anilines is 1. The number of benzene rings is 1. The molecular formula is C13H16N2O. The van der Waals surface area contributed by atoms with Gasteiger partial charge >= 0.3 is 0 Å². The molecule has 1 heterocycles. The van der Waals surface area contributed by atoms with E-state index < -0.39 is 0 Å². The summed E-state index contributed by atoms with van der Waals surface area (Å²) in [6.07, 6.45) is 0.682. The largest absolute Gasteiger partial charge is 0.391 e. The first-order valence-corrected chi connectivity index (χ1v) is 5.64. The number of hydrogen-bond acceptors (Lipinski definition) is 3. The lowest BCUT2D eigenvalue weighted by atomic mass is 9.95. The van der Waals surface area contributed by atoms with E-state index in [-0.39, 0.29) is 6.10 Å². The smallest absolute Gasteiger partial charge is 0.101 e. The third kappa shape index (κ3) is 2.02. The summed E-state index contributed by atoms with van der Waals surface area (Å²) in [6.45, 7) is 3.61. The summed E-state index contributed by atoms with van der Waals surface area (Å²) in [7, 11) is 0. The van der Waals surface area contributed by atoms with E-state index in [1.165, 1.54) is 0 Å². The molecule has 16 heavy (non-hydrogen) atoms. The molecule has 1 aliphatic heterocycles. The quantitative estimate of drug-likeness (QED) is 0.778. The van der Waals surface area contributed by atoms with Gasteiger partial charge in [0.1, 0.15) is 6.07 Å². The van der Waals surface area contributed by atoms with Crippen LogP contribution in [0.5, 0.6) is 0 Å². The molecule has 0 spiro atoms. The van der Waals surface area contributed by atoms with Crippen molar-refractivity contribution >= 4 is 5.69 Å². The minimum Gasteiger partial charge on any atom is -0.391 e. The number of nitrogens with zero attached hydrogens (tertiary/aromatic N) is 2. The molecule has 2 rings (SSSR count). The average Bonchev–Trinajstić information content (AvgIpc) is 2.32. The molecule has 0 bridgehead atoms. The minimum atomic E-state index is -0.291. The summed E-state index contributed by atoms with van der Waals surface area (Å²) in [6, 6.07) is 9.76. The fraction of sp³-hybridized carbons (Fsp3) is 0.462. The van der Waals surface area contributed by atoms with Gasteiger partial charge in [-0.05, 0) is 24.5 Å². The van der Waals surface area contributed by atoms with E-state index >= 15 is 0 Å². The lowest BCUT2D eigenvalue weighted by molar-refractivity contribution is 0.103. The number of aliphatic hydroxyl groups is 1. The second-order valence-electron chi connectivity index (χ2n) is 4.41. The van der Waals surface area contributed by atoms with Gasteiger partial charge in [-0.15, -0.1) is 0 Å². The first-order valence-electron chi connectivity index (χ1n) is 5.64. The standard InChI is InChI=1S/C13H16N2O/c1-10-6-7-15(9-13(10)16)12-5-3-2-4-11(12)8-14/h2-5,10,13,16H,6-7,9H2,1H3. The van der Waals surface area contributed by atoms with E-state index in [0.717, 1.165) is 18.7 Å². The van der Waals surface area contributed by atoms with Crippen molar-refractivity contribution in [2.75, 3.05) is 18.0 Å². The Morgan fingerprint density at radius 2 is 2.19 bits per heavy atom. The zero-order chi connectivity index (χ0) is 11.5. The summed E-state index contributed by atoms with van der Waals surface area (Å²) >= 11 is 0. The van der Waals surface area contributed by atoms with E-state index in [2.05, 4.69) is 17.9 Å². The molecule has 3 heteroatoms. The molecule has 84 valence electrons. The molecule has 1 aromatic rings. The van der Waals surface area contributed by atoms with Crippen molar-refractivity contribution in [2.45, 2.75) is 19.4 Å². The van der Waals surface area contributed by atoms with E-state index in [9.17, 15) is 5.11 Å². The molecule has 0 aromatic heterocycles. The summed E-state index contributed by atoms with van der Waals surface area (Å²) in [5.41, 5.74) is 1.63. The van der Waals surface area contributed by atoms with Crippen molar-refractivity contribution < 1.29 is 5.11 Å². The Hall–Kier alpha value is -1.53. The number of hydrogen-bond donors (Lipinski definition) is 1. The summed E-state index contributed by atoms with van der Waals surface area (Å²) in [5.74, 6) is 0.352. The normalized spacial score (nSPS) is 25.2. The highest BCUT2D eigenvalue weighted by atomic mass is 16.3. The fourth-order valence-electron chi connectivity index (χ4n) is 2.11. The number of para-hydroxylation sites is 1. The van der Waals surface area contributed by atoms with Crippen LogP contribution >= 0.6 is 0 Å². The van der Waals surface area contributed by atoms with Gasteiger partial charge in [-0.3, -0.25) is 0 Å². The zero-order valence-corrected chi connectivity index (χ0v) is 9.43. The molecule has 0 saturated carbocycles. The van der Waals surface area contributed by atoms with Crippen LogP contribution in [0.15, 0.2) is 24.3 Å². The fourth-order valence-corrected chi connectivity index (χ4v) is 2.11. The first kappa shape index (κ1) is 11.0. The Morgan fingerprint density at radius 1 is 1.44 bits per heavy atom. The van der Waals surface area contributed by atoms with Crippen LogP contribution in [0.3, 0.4) is 0 Å². The molecule has 2 atom stereocenters. The molecule has 1 N–H and O–H groups in total. The van der Waals surface area contributed by atoms with Gasteiger partial charge in [0.2, 0.25) is 0 Å². The molecule has 0 amide bonds. The van der Waals surface area contributed by atoms with Crippen molar-refractivity contribution in [1.82, 2.24) is 0 Å². The monoisotopic (exact) mass is 216 g/mol. The van der Waals surface area contributed by atoms with Gasteiger partial charge in [-0.25, -0.2) is 0 Å². The number of rotatable bonds is 1. The van der Waals surface area contributed by atoms with Crippen LogP contribution < -0.4 is 4.90 Å². The van der Waals surface area contributed by atoms with Crippen molar-refractivity contribution in [2.24, 2.45) is 5.92 Å². The van der Waals surface area contributed by atoms with Gasteiger partial charge in [0.25, 0.3) is 0 Å². The highest BCUT2D eigenvalue weighted by Gasteiger charge is 2.25. The van der Waals surface area contributed by atoms with Crippen LogP contribution in [0.1, 0.15) is 18.9 Å². The van der Waals surface area contributed by atoms with Crippen molar-refractivity contribution in [3.8, 4) is 6.07 Å². The number of aliphatic hydroxyl groups excluding tert-OH is 1. The van der Waals surface area contributed by atoms with Gasteiger partial charge in [-0.2, -0.15) is 5.26 Å². The third-order valence-electron chi connectivity index (χ3n) is 3.28. The predicted octanol–water partition coefficient (Wildman–Crippen LogP) is 1.77. The number of nitriles is 1. The van der Waals surface area contributed by atoms with Crippen LogP contribution in [0.2, 0.25) is 0 Å². The predicted molar refractivity (Wildman–Crippen MR) is 63.2 cm³/mol. The highest BCUT2D eigenvalue weighted by molar-refractivity contribution is 5.59. The molecule has 1 aliphatic rings. The number of β-amino-alcohol motifs (C(OH)–C–C–N with tert-alkyl or cyclic N) is 1. The van der Waals surface area contributed by atoms with Gasteiger partial charge in [-0.1, -0.05) is 19.1 Å². The van der Waals surface area contributed by atoms with E-state index in [4.69, 9.17) is 5.26 Å². The maximum absolute atomic E-state index is 9.85. The molecular weight excluding hydrogens is 200 g/mol. The summed E-state index contributed by atoms with van der Waals surface area (Å²) < 4.78 is 0.